The first-order chi connectivity index (χ1) is 12.2. The maximum Gasteiger partial charge on any atom is 0.222 e. The third kappa shape index (κ3) is 5.19. The molecule has 0 bridgehead atoms. The van der Waals surface area contributed by atoms with Gasteiger partial charge in [0.1, 0.15) is 0 Å². The maximum absolute atomic E-state index is 12.6. The Morgan fingerprint density at radius 3 is 2.72 bits per heavy atom. The molecule has 0 saturated carbocycles. The molecule has 2 aliphatic rings. The van der Waals surface area contributed by atoms with Gasteiger partial charge in [0.2, 0.25) is 5.91 Å². The highest BCUT2D eigenvalue weighted by molar-refractivity contribution is 5.76. The molecule has 0 unspecified atom stereocenters. The molecule has 1 aromatic carbocycles. The zero-order valence-electron chi connectivity index (χ0n) is 15.4. The van der Waals surface area contributed by atoms with E-state index >= 15 is 0 Å². The van der Waals surface area contributed by atoms with E-state index in [4.69, 9.17) is 4.74 Å². The van der Waals surface area contributed by atoms with Crippen LogP contribution in [0, 0.1) is 5.92 Å². The molecule has 0 aromatic heterocycles. The number of hydrogen-bond donors (Lipinski definition) is 1. The Morgan fingerprint density at radius 1 is 1.24 bits per heavy atom. The van der Waals surface area contributed by atoms with Crippen molar-refractivity contribution in [1.29, 1.82) is 0 Å². The van der Waals surface area contributed by atoms with Gasteiger partial charge in [-0.05, 0) is 49.9 Å². The van der Waals surface area contributed by atoms with Crippen molar-refractivity contribution in [3.63, 3.8) is 0 Å². The van der Waals surface area contributed by atoms with Gasteiger partial charge >= 0.3 is 0 Å². The van der Waals surface area contributed by atoms with Gasteiger partial charge in [0.25, 0.3) is 0 Å². The monoisotopic (exact) mass is 345 g/mol. The molecule has 25 heavy (non-hydrogen) atoms. The average Bonchev–Trinajstić information content (AvgIpc) is 2.68. The molecule has 2 heterocycles. The number of piperidine rings is 1. The average molecular weight is 345 g/mol. The second-order valence-electron chi connectivity index (χ2n) is 7.21. The number of carbonyl (C=O) groups excluding carboxylic acids is 1. The van der Waals surface area contributed by atoms with Crippen molar-refractivity contribution >= 4 is 11.6 Å². The Hall–Kier alpha value is -1.59. The maximum atomic E-state index is 12.6. The van der Waals surface area contributed by atoms with Gasteiger partial charge in [0.05, 0.1) is 13.2 Å². The first kappa shape index (κ1) is 18.2. The molecule has 1 N–H and O–H groups in total. The van der Waals surface area contributed by atoms with Crippen LogP contribution in [0.15, 0.2) is 24.3 Å². The van der Waals surface area contributed by atoms with Crippen LogP contribution >= 0.6 is 0 Å². The molecule has 3 rings (SSSR count). The van der Waals surface area contributed by atoms with Crippen molar-refractivity contribution in [2.45, 2.75) is 32.2 Å². The van der Waals surface area contributed by atoms with E-state index in [-0.39, 0.29) is 5.91 Å². The number of anilines is 1. The number of hydrogen-bond acceptors (Lipinski definition) is 4. The lowest BCUT2D eigenvalue weighted by molar-refractivity contribution is -0.130. The second-order valence-corrected chi connectivity index (χ2v) is 7.21. The van der Waals surface area contributed by atoms with Gasteiger partial charge in [0, 0.05) is 38.8 Å². The zero-order chi connectivity index (χ0) is 17.5. The number of benzene rings is 1. The summed E-state index contributed by atoms with van der Waals surface area (Å²) in [5, 5.41) is 3.39. The fourth-order valence-electron chi connectivity index (χ4n) is 3.79. The summed E-state index contributed by atoms with van der Waals surface area (Å²) in [6.45, 7) is 6.27. The van der Waals surface area contributed by atoms with Crippen molar-refractivity contribution in [2.75, 3.05) is 51.3 Å². The number of para-hydroxylation sites is 1. The lowest BCUT2D eigenvalue weighted by Gasteiger charge is -2.31. The number of nitrogens with zero attached hydrogens (tertiary/aromatic N) is 2. The summed E-state index contributed by atoms with van der Waals surface area (Å²) >= 11 is 0. The van der Waals surface area contributed by atoms with Crippen LogP contribution in [0.3, 0.4) is 0 Å². The first-order valence-corrected chi connectivity index (χ1v) is 9.59. The molecular weight excluding hydrogens is 314 g/mol. The van der Waals surface area contributed by atoms with Gasteiger partial charge in [-0.1, -0.05) is 18.2 Å². The van der Waals surface area contributed by atoms with Crippen molar-refractivity contribution < 1.29 is 9.53 Å². The Balaban J connectivity index is 1.54. The highest BCUT2D eigenvalue weighted by Gasteiger charge is 2.19. The topological polar surface area (TPSA) is 44.8 Å². The van der Waals surface area contributed by atoms with Gasteiger partial charge < -0.3 is 19.9 Å². The highest BCUT2D eigenvalue weighted by Crippen LogP contribution is 2.23. The lowest BCUT2D eigenvalue weighted by atomic mass is 9.93. The summed E-state index contributed by atoms with van der Waals surface area (Å²) in [5.74, 6) is 0.967. The molecule has 1 aromatic rings. The predicted octanol–water partition coefficient (Wildman–Crippen LogP) is 2.26. The number of nitrogens with one attached hydrogen (secondary N) is 1. The van der Waals surface area contributed by atoms with Gasteiger partial charge in [-0.15, -0.1) is 0 Å². The summed E-state index contributed by atoms with van der Waals surface area (Å²) < 4.78 is 5.46. The van der Waals surface area contributed by atoms with Crippen molar-refractivity contribution in [3.05, 3.63) is 29.8 Å². The summed E-state index contributed by atoms with van der Waals surface area (Å²) in [6.07, 6.45) is 4.10. The Labute approximate surface area is 151 Å². The van der Waals surface area contributed by atoms with Crippen molar-refractivity contribution in [1.82, 2.24) is 10.2 Å². The smallest absolute Gasteiger partial charge is 0.222 e. The standard InChI is InChI=1S/C20H31N3O2/c1-22(20(24)7-6-17-8-10-21-11-9-17)16-18-4-2-3-5-19(18)23-12-14-25-15-13-23/h2-5,17,21H,6-16H2,1H3. The Morgan fingerprint density at radius 2 is 1.96 bits per heavy atom. The van der Waals surface area contributed by atoms with Crippen LogP contribution in [0.5, 0.6) is 0 Å². The molecule has 0 aliphatic carbocycles. The molecule has 2 fully saturated rings. The fourth-order valence-corrected chi connectivity index (χ4v) is 3.79. The zero-order valence-corrected chi connectivity index (χ0v) is 15.4. The molecule has 0 atom stereocenters. The minimum Gasteiger partial charge on any atom is -0.378 e. The van der Waals surface area contributed by atoms with E-state index in [9.17, 15) is 4.79 Å². The van der Waals surface area contributed by atoms with E-state index < -0.39 is 0 Å². The van der Waals surface area contributed by atoms with Crippen LogP contribution in [0.1, 0.15) is 31.2 Å². The summed E-state index contributed by atoms with van der Waals surface area (Å²) in [5.41, 5.74) is 2.46. The van der Waals surface area contributed by atoms with E-state index in [0.717, 1.165) is 45.8 Å². The normalized spacial score (nSPS) is 19.0. The minimum atomic E-state index is 0.260. The predicted molar refractivity (Wildman–Crippen MR) is 101 cm³/mol. The minimum absolute atomic E-state index is 0.260. The van der Waals surface area contributed by atoms with Crippen LogP contribution in [-0.2, 0) is 16.1 Å². The van der Waals surface area contributed by atoms with Crippen molar-refractivity contribution in [3.8, 4) is 0 Å². The SMILES string of the molecule is CN(Cc1ccccc1N1CCOCC1)C(=O)CCC1CCNCC1. The Bertz CT molecular complexity index is 552. The highest BCUT2D eigenvalue weighted by atomic mass is 16.5. The molecule has 2 saturated heterocycles. The van der Waals surface area contributed by atoms with E-state index in [1.165, 1.54) is 24.1 Å². The molecule has 5 heteroatoms. The van der Waals surface area contributed by atoms with Gasteiger partial charge in [-0.2, -0.15) is 0 Å². The van der Waals surface area contributed by atoms with Crippen LogP contribution in [0.2, 0.25) is 0 Å². The van der Waals surface area contributed by atoms with Gasteiger partial charge in [-0.3, -0.25) is 4.79 Å². The number of carbonyl (C=O) groups is 1. The first-order valence-electron chi connectivity index (χ1n) is 9.59. The van der Waals surface area contributed by atoms with E-state index in [0.29, 0.717) is 18.9 Å². The molecular formula is C20H31N3O2. The molecule has 0 radical (unpaired) electrons. The van der Waals surface area contributed by atoms with Crippen LogP contribution < -0.4 is 10.2 Å². The lowest BCUT2D eigenvalue weighted by Crippen LogP contribution is -2.37. The number of ether oxygens (including phenoxy) is 1. The van der Waals surface area contributed by atoms with Crippen LogP contribution in [-0.4, -0.2) is 57.2 Å². The van der Waals surface area contributed by atoms with E-state index in [1.807, 2.05) is 11.9 Å². The largest absolute Gasteiger partial charge is 0.378 e. The summed E-state index contributed by atoms with van der Waals surface area (Å²) in [7, 11) is 1.93. The third-order valence-electron chi connectivity index (χ3n) is 5.40. The molecule has 5 nitrogen and oxygen atoms in total. The van der Waals surface area contributed by atoms with Crippen LogP contribution in [0.4, 0.5) is 5.69 Å². The van der Waals surface area contributed by atoms with Crippen molar-refractivity contribution in [2.24, 2.45) is 5.92 Å². The van der Waals surface area contributed by atoms with Gasteiger partial charge in [0.15, 0.2) is 0 Å². The van der Waals surface area contributed by atoms with E-state index in [2.05, 4.69) is 34.5 Å². The third-order valence-corrected chi connectivity index (χ3v) is 5.40. The summed E-state index contributed by atoms with van der Waals surface area (Å²) in [4.78, 5) is 16.8. The molecule has 1 amide bonds. The fraction of sp³-hybridized carbons (Fsp3) is 0.650. The summed E-state index contributed by atoms with van der Waals surface area (Å²) in [6, 6.07) is 8.44. The molecule has 2 aliphatic heterocycles. The number of rotatable bonds is 6. The quantitative estimate of drug-likeness (QED) is 0.859. The number of amides is 1. The second kappa shape index (κ2) is 9.20. The van der Waals surface area contributed by atoms with Crippen LogP contribution in [0.25, 0.3) is 0 Å². The number of morpholine rings is 1. The molecule has 0 spiro atoms. The Kier molecular flexibility index (Phi) is 6.70. The van der Waals surface area contributed by atoms with E-state index in [1.54, 1.807) is 0 Å². The van der Waals surface area contributed by atoms with Gasteiger partial charge in [-0.25, -0.2) is 0 Å². The molecule has 138 valence electrons.